The SMILES string of the molecule is Cc1nn(-c2ccccc2)c2sc(C(=O)N(C)Cc3ccncc3)cc12. The molecule has 0 atom stereocenters. The number of rotatable bonds is 4. The number of pyridine rings is 1. The summed E-state index contributed by atoms with van der Waals surface area (Å²) >= 11 is 1.48. The van der Waals surface area contributed by atoms with Crippen LogP contribution in [0.15, 0.2) is 60.9 Å². The van der Waals surface area contributed by atoms with E-state index in [4.69, 9.17) is 0 Å². The second kappa shape index (κ2) is 6.72. The van der Waals surface area contributed by atoms with Gasteiger partial charge in [0.2, 0.25) is 0 Å². The zero-order chi connectivity index (χ0) is 18.1. The summed E-state index contributed by atoms with van der Waals surface area (Å²) in [7, 11) is 1.82. The lowest BCUT2D eigenvalue weighted by Crippen LogP contribution is -2.25. The molecule has 3 heterocycles. The van der Waals surface area contributed by atoms with Crippen molar-refractivity contribution in [3.05, 3.63) is 77.1 Å². The van der Waals surface area contributed by atoms with Crippen LogP contribution in [-0.2, 0) is 6.54 Å². The van der Waals surface area contributed by atoms with Crippen molar-refractivity contribution in [1.82, 2.24) is 19.7 Å². The van der Waals surface area contributed by atoms with Crippen LogP contribution >= 0.6 is 11.3 Å². The summed E-state index contributed by atoms with van der Waals surface area (Å²) in [6, 6.07) is 15.8. The molecule has 0 saturated carbocycles. The van der Waals surface area contributed by atoms with Crippen molar-refractivity contribution in [2.24, 2.45) is 0 Å². The van der Waals surface area contributed by atoms with E-state index in [0.717, 1.165) is 32.0 Å². The van der Waals surface area contributed by atoms with Crippen LogP contribution in [0.1, 0.15) is 20.9 Å². The van der Waals surface area contributed by atoms with E-state index in [0.29, 0.717) is 6.54 Å². The van der Waals surface area contributed by atoms with E-state index < -0.39 is 0 Å². The van der Waals surface area contributed by atoms with Gasteiger partial charge in [0.05, 0.1) is 16.3 Å². The first-order valence-electron chi connectivity index (χ1n) is 8.32. The molecule has 0 bridgehead atoms. The zero-order valence-electron chi connectivity index (χ0n) is 14.6. The molecule has 0 fully saturated rings. The molecule has 4 rings (SSSR count). The molecule has 0 aliphatic heterocycles. The Morgan fingerprint density at radius 1 is 1.15 bits per heavy atom. The van der Waals surface area contributed by atoms with Gasteiger partial charge < -0.3 is 4.90 Å². The van der Waals surface area contributed by atoms with Crippen LogP contribution in [0.2, 0.25) is 0 Å². The summed E-state index contributed by atoms with van der Waals surface area (Å²) in [5, 5.41) is 5.66. The minimum absolute atomic E-state index is 0.0158. The van der Waals surface area contributed by atoms with Gasteiger partial charge in [0.15, 0.2) is 0 Å². The van der Waals surface area contributed by atoms with Crippen LogP contribution in [0.25, 0.3) is 15.9 Å². The number of nitrogens with zero attached hydrogens (tertiary/aromatic N) is 4. The van der Waals surface area contributed by atoms with Crippen molar-refractivity contribution in [3.8, 4) is 5.69 Å². The van der Waals surface area contributed by atoms with Gasteiger partial charge in [0.1, 0.15) is 4.83 Å². The largest absolute Gasteiger partial charge is 0.337 e. The number of benzene rings is 1. The molecule has 0 radical (unpaired) electrons. The number of fused-ring (bicyclic) bond motifs is 1. The Morgan fingerprint density at radius 2 is 1.88 bits per heavy atom. The van der Waals surface area contributed by atoms with Crippen molar-refractivity contribution in [2.45, 2.75) is 13.5 Å². The van der Waals surface area contributed by atoms with Crippen LogP contribution in [0.4, 0.5) is 0 Å². The van der Waals surface area contributed by atoms with Gasteiger partial charge in [-0.25, -0.2) is 4.68 Å². The molecule has 1 aromatic carbocycles. The number of aromatic nitrogens is 3. The van der Waals surface area contributed by atoms with E-state index in [1.807, 2.05) is 67.2 Å². The molecule has 0 unspecified atom stereocenters. The number of thiophene rings is 1. The summed E-state index contributed by atoms with van der Waals surface area (Å²) < 4.78 is 1.91. The first kappa shape index (κ1) is 16.5. The quantitative estimate of drug-likeness (QED) is 0.550. The normalized spacial score (nSPS) is 11.0. The Kier molecular flexibility index (Phi) is 4.26. The highest BCUT2D eigenvalue weighted by molar-refractivity contribution is 7.20. The lowest BCUT2D eigenvalue weighted by Gasteiger charge is -2.16. The average molecular weight is 362 g/mol. The molecule has 0 aliphatic carbocycles. The molecule has 26 heavy (non-hydrogen) atoms. The van der Waals surface area contributed by atoms with Gasteiger partial charge in [0, 0.05) is 31.4 Å². The fourth-order valence-electron chi connectivity index (χ4n) is 2.92. The van der Waals surface area contributed by atoms with E-state index in [-0.39, 0.29) is 5.91 Å². The second-order valence-electron chi connectivity index (χ2n) is 6.18. The van der Waals surface area contributed by atoms with Crippen LogP contribution in [-0.4, -0.2) is 32.6 Å². The highest BCUT2D eigenvalue weighted by atomic mass is 32.1. The Hall–Kier alpha value is -2.99. The number of hydrogen-bond acceptors (Lipinski definition) is 4. The number of para-hydroxylation sites is 1. The average Bonchev–Trinajstić information content (AvgIpc) is 3.23. The summed E-state index contributed by atoms with van der Waals surface area (Å²) in [5.74, 6) is 0.0158. The topological polar surface area (TPSA) is 51.0 Å². The Morgan fingerprint density at radius 3 is 2.62 bits per heavy atom. The minimum Gasteiger partial charge on any atom is -0.337 e. The molecular formula is C20H18N4OS. The summed E-state index contributed by atoms with van der Waals surface area (Å²) in [5.41, 5.74) is 2.98. The summed E-state index contributed by atoms with van der Waals surface area (Å²) in [6.07, 6.45) is 3.48. The van der Waals surface area contributed by atoms with Gasteiger partial charge in [-0.05, 0) is 42.8 Å². The lowest BCUT2D eigenvalue weighted by atomic mass is 10.2. The maximum Gasteiger partial charge on any atom is 0.264 e. The third-order valence-electron chi connectivity index (χ3n) is 4.27. The van der Waals surface area contributed by atoms with Gasteiger partial charge in [0.25, 0.3) is 5.91 Å². The van der Waals surface area contributed by atoms with Gasteiger partial charge in [-0.2, -0.15) is 5.10 Å². The highest BCUT2D eigenvalue weighted by Crippen LogP contribution is 2.31. The maximum atomic E-state index is 12.9. The van der Waals surface area contributed by atoms with Crippen molar-refractivity contribution in [3.63, 3.8) is 0 Å². The van der Waals surface area contributed by atoms with Crippen LogP contribution in [0.3, 0.4) is 0 Å². The number of aryl methyl sites for hydroxylation is 1. The standard InChI is InChI=1S/C20H18N4OS/c1-14-17-12-18(19(25)23(2)13-15-8-10-21-11-9-15)26-20(17)24(22-14)16-6-4-3-5-7-16/h3-12H,13H2,1-2H3. The smallest absolute Gasteiger partial charge is 0.264 e. The van der Waals surface area contributed by atoms with E-state index in [1.54, 1.807) is 17.3 Å². The molecular weight excluding hydrogens is 344 g/mol. The predicted octanol–water partition coefficient (Wildman–Crippen LogP) is 4.06. The van der Waals surface area contributed by atoms with E-state index in [1.165, 1.54) is 11.3 Å². The molecule has 0 N–H and O–H groups in total. The van der Waals surface area contributed by atoms with Gasteiger partial charge in [-0.1, -0.05) is 18.2 Å². The molecule has 0 aliphatic rings. The molecule has 0 spiro atoms. The molecule has 130 valence electrons. The predicted molar refractivity (Wildman–Crippen MR) is 104 cm³/mol. The maximum absolute atomic E-state index is 12.9. The van der Waals surface area contributed by atoms with Crippen LogP contribution in [0, 0.1) is 6.92 Å². The lowest BCUT2D eigenvalue weighted by molar-refractivity contribution is 0.0790. The number of carbonyl (C=O) groups is 1. The van der Waals surface area contributed by atoms with Crippen LogP contribution in [0.5, 0.6) is 0 Å². The summed E-state index contributed by atoms with van der Waals surface area (Å²) in [6.45, 7) is 2.53. The first-order chi connectivity index (χ1) is 12.6. The summed E-state index contributed by atoms with van der Waals surface area (Å²) in [4.78, 5) is 20.3. The molecule has 3 aromatic heterocycles. The third kappa shape index (κ3) is 2.99. The van der Waals surface area contributed by atoms with Crippen molar-refractivity contribution in [1.29, 1.82) is 0 Å². The van der Waals surface area contributed by atoms with Crippen molar-refractivity contribution >= 4 is 27.5 Å². The van der Waals surface area contributed by atoms with Crippen molar-refractivity contribution < 1.29 is 4.79 Å². The van der Waals surface area contributed by atoms with Crippen LogP contribution < -0.4 is 0 Å². The second-order valence-corrected chi connectivity index (χ2v) is 7.21. The monoisotopic (exact) mass is 362 g/mol. The Labute approximate surface area is 155 Å². The Bertz CT molecular complexity index is 1050. The minimum atomic E-state index is 0.0158. The van der Waals surface area contributed by atoms with Crippen molar-refractivity contribution in [2.75, 3.05) is 7.05 Å². The number of hydrogen-bond donors (Lipinski definition) is 0. The Balaban J connectivity index is 1.66. The molecule has 1 amide bonds. The molecule has 0 saturated heterocycles. The zero-order valence-corrected chi connectivity index (χ0v) is 15.4. The fraction of sp³-hybridized carbons (Fsp3) is 0.150. The number of amides is 1. The van der Waals surface area contributed by atoms with Gasteiger partial charge >= 0.3 is 0 Å². The molecule has 4 aromatic rings. The van der Waals surface area contributed by atoms with E-state index >= 15 is 0 Å². The highest BCUT2D eigenvalue weighted by Gasteiger charge is 2.19. The van der Waals surface area contributed by atoms with E-state index in [2.05, 4.69) is 10.1 Å². The number of carbonyl (C=O) groups excluding carboxylic acids is 1. The first-order valence-corrected chi connectivity index (χ1v) is 9.14. The molecule has 6 heteroatoms. The third-order valence-corrected chi connectivity index (χ3v) is 5.37. The van der Waals surface area contributed by atoms with Gasteiger partial charge in [-0.15, -0.1) is 11.3 Å². The van der Waals surface area contributed by atoms with E-state index in [9.17, 15) is 4.79 Å². The fourth-order valence-corrected chi connectivity index (χ4v) is 4.10. The molecule has 5 nitrogen and oxygen atoms in total. The van der Waals surface area contributed by atoms with Gasteiger partial charge in [-0.3, -0.25) is 9.78 Å².